The number of hydrogen-bond acceptors (Lipinski definition) is 2. The fraction of sp³-hybridized carbons (Fsp3) is 0.500. The van der Waals surface area contributed by atoms with Crippen molar-refractivity contribution in [2.75, 3.05) is 13.1 Å². The van der Waals surface area contributed by atoms with Crippen LogP contribution in [0.15, 0.2) is 24.3 Å². The van der Waals surface area contributed by atoms with Gasteiger partial charge in [0.05, 0.1) is 15.7 Å². The minimum Gasteiger partial charge on any atom is -0.316 e. The first-order valence-corrected chi connectivity index (χ1v) is 9.20. The maximum Gasteiger partial charge on any atom is 0.433 e. The lowest BCUT2D eigenvalue weighted by Crippen LogP contribution is -2.41. The molecule has 1 saturated heterocycles. The van der Waals surface area contributed by atoms with Crippen LogP contribution in [0.1, 0.15) is 29.8 Å². The summed E-state index contributed by atoms with van der Waals surface area (Å²) < 4.78 is 41.2. The van der Waals surface area contributed by atoms with Crippen molar-refractivity contribution < 1.29 is 13.2 Å². The summed E-state index contributed by atoms with van der Waals surface area (Å²) in [6.45, 7) is 3.29. The first-order chi connectivity index (χ1) is 12.2. The molecule has 1 aliphatic carbocycles. The fourth-order valence-corrected chi connectivity index (χ4v) is 4.84. The maximum absolute atomic E-state index is 13.4. The van der Waals surface area contributed by atoms with E-state index in [-0.39, 0.29) is 17.4 Å². The van der Waals surface area contributed by atoms with E-state index < -0.39 is 11.9 Å². The first kappa shape index (κ1) is 18.1. The van der Waals surface area contributed by atoms with E-state index in [4.69, 9.17) is 23.2 Å². The second-order valence-corrected chi connectivity index (χ2v) is 8.24. The molecule has 2 aromatic rings. The van der Waals surface area contributed by atoms with Crippen molar-refractivity contribution in [3.8, 4) is 0 Å². The number of alkyl halides is 3. The summed E-state index contributed by atoms with van der Waals surface area (Å²) in [6.07, 6.45) is -2.76. The van der Waals surface area contributed by atoms with E-state index in [1.54, 1.807) is 13.0 Å². The number of rotatable bonds is 3. The van der Waals surface area contributed by atoms with Crippen LogP contribution in [-0.4, -0.2) is 22.9 Å². The number of nitrogens with one attached hydrogen (secondary N) is 1. The molecule has 2 fully saturated rings. The van der Waals surface area contributed by atoms with E-state index >= 15 is 0 Å². The van der Waals surface area contributed by atoms with Gasteiger partial charge in [-0.1, -0.05) is 29.3 Å². The Bertz CT molecular complexity index is 864. The molecule has 2 atom stereocenters. The number of aromatic nitrogens is 2. The Labute approximate surface area is 159 Å². The van der Waals surface area contributed by atoms with Gasteiger partial charge in [-0.25, -0.2) is 0 Å². The lowest BCUT2D eigenvalue weighted by Gasteiger charge is -2.32. The standard InChI is InChI=1S/C18H18Cl2F3N3/c1-11-6-15(18(21,22)23)26(25-11)10-16-8-17(16,4-5-24-9-16)12-2-3-13(19)14(20)7-12/h2-3,6-7,24H,4-5,8-10H2,1H3. The van der Waals surface area contributed by atoms with Gasteiger partial charge in [0.25, 0.3) is 0 Å². The number of aryl methyl sites for hydroxylation is 1. The highest BCUT2D eigenvalue weighted by Crippen LogP contribution is 2.68. The van der Waals surface area contributed by atoms with E-state index in [1.807, 2.05) is 12.1 Å². The Morgan fingerprint density at radius 3 is 2.69 bits per heavy atom. The van der Waals surface area contributed by atoms with Gasteiger partial charge in [-0.3, -0.25) is 4.68 Å². The first-order valence-electron chi connectivity index (χ1n) is 8.45. The van der Waals surface area contributed by atoms with Gasteiger partial charge < -0.3 is 5.32 Å². The summed E-state index contributed by atoms with van der Waals surface area (Å²) in [4.78, 5) is 0. The monoisotopic (exact) mass is 403 g/mol. The van der Waals surface area contributed by atoms with Gasteiger partial charge in [0.1, 0.15) is 5.69 Å². The van der Waals surface area contributed by atoms with Crippen molar-refractivity contribution in [3.05, 3.63) is 51.3 Å². The second-order valence-electron chi connectivity index (χ2n) is 7.42. The van der Waals surface area contributed by atoms with E-state index in [2.05, 4.69) is 10.4 Å². The molecule has 26 heavy (non-hydrogen) atoms. The summed E-state index contributed by atoms with van der Waals surface area (Å²) in [7, 11) is 0. The number of benzene rings is 1. The van der Waals surface area contributed by atoms with Crippen LogP contribution in [0.3, 0.4) is 0 Å². The van der Waals surface area contributed by atoms with Crippen molar-refractivity contribution in [2.45, 2.75) is 37.9 Å². The van der Waals surface area contributed by atoms with Gasteiger partial charge in [-0.15, -0.1) is 0 Å². The summed E-state index contributed by atoms with van der Waals surface area (Å²) in [5, 5.41) is 8.42. The molecule has 0 amide bonds. The molecule has 2 aliphatic rings. The summed E-state index contributed by atoms with van der Waals surface area (Å²) >= 11 is 12.2. The number of piperidine rings is 1. The molecule has 2 heterocycles. The zero-order chi connectivity index (χ0) is 18.7. The number of halogens is 5. The molecule has 1 aromatic heterocycles. The van der Waals surface area contributed by atoms with E-state index in [0.29, 0.717) is 22.3 Å². The van der Waals surface area contributed by atoms with Crippen molar-refractivity contribution in [3.63, 3.8) is 0 Å². The van der Waals surface area contributed by atoms with Gasteiger partial charge in [0.15, 0.2) is 0 Å². The molecule has 1 aromatic carbocycles. The highest BCUT2D eigenvalue weighted by molar-refractivity contribution is 6.42. The Morgan fingerprint density at radius 1 is 1.23 bits per heavy atom. The molecule has 4 rings (SSSR count). The van der Waals surface area contributed by atoms with E-state index in [9.17, 15) is 13.2 Å². The average molecular weight is 404 g/mol. The molecular weight excluding hydrogens is 386 g/mol. The third-order valence-electron chi connectivity index (χ3n) is 5.84. The minimum absolute atomic E-state index is 0.185. The molecule has 1 saturated carbocycles. The summed E-state index contributed by atoms with van der Waals surface area (Å²) in [5.41, 5.74) is 0.241. The van der Waals surface area contributed by atoms with Gasteiger partial charge in [0.2, 0.25) is 0 Å². The molecule has 2 unspecified atom stereocenters. The molecule has 0 bridgehead atoms. The van der Waals surface area contributed by atoms with Gasteiger partial charge in [-0.2, -0.15) is 18.3 Å². The normalized spacial score (nSPS) is 28.1. The molecule has 8 heteroatoms. The summed E-state index contributed by atoms with van der Waals surface area (Å²) in [5.74, 6) is 0. The average Bonchev–Trinajstić information content (AvgIpc) is 3.09. The predicted molar refractivity (Wildman–Crippen MR) is 94.6 cm³/mol. The van der Waals surface area contributed by atoms with Crippen LogP contribution in [0.4, 0.5) is 13.2 Å². The van der Waals surface area contributed by atoms with E-state index in [0.717, 1.165) is 35.7 Å². The quantitative estimate of drug-likeness (QED) is 0.794. The van der Waals surface area contributed by atoms with Crippen molar-refractivity contribution >= 4 is 23.2 Å². The minimum atomic E-state index is -4.42. The van der Waals surface area contributed by atoms with Crippen molar-refractivity contribution in [1.29, 1.82) is 0 Å². The topological polar surface area (TPSA) is 29.9 Å². The highest BCUT2D eigenvalue weighted by atomic mass is 35.5. The summed E-state index contributed by atoms with van der Waals surface area (Å²) in [6, 6.07) is 6.67. The Balaban J connectivity index is 1.71. The van der Waals surface area contributed by atoms with Crippen molar-refractivity contribution in [1.82, 2.24) is 15.1 Å². The van der Waals surface area contributed by atoms with Crippen LogP contribution < -0.4 is 5.32 Å². The number of fused-ring (bicyclic) bond motifs is 1. The molecule has 0 spiro atoms. The van der Waals surface area contributed by atoms with Crippen LogP contribution in [0.25, 0.3) is 0 Å². The van der Waals surface area contributed by atoms with Gasteiger partial charge in [-0.05, 0) is 50.1 Å². The molecule has 0 radical (unpaired) electrons. The van der Waals surface area contributed by atoms with Gasteiger partial charge in [0, 0.05) is 23.9 Å². The van der Waals surface area contributed by atoms with Crippen LogP contribution in [-0.2, 0) is 18.1 Å². The second kappa shape index (κ2) is 5.88. The van der Waals surface area contributed by atoms with Crippen LogP contribution in [0.5, 0.6) is 0 Å². The third kappa shape index (κ3) is 2.74. The predicted octanol–water partition coefficient (Wildman–Crippen LogP) is 4.84. The zero-order valence-electron chi connectivity index (χ0n) is 14.1. The highest BCUT2D eigenvalue weighted by Gasteiger charge is 2.68. The SMILES string of the molecule is Cc1cc(C(F)(F)F)n(CC23CNCCC2(c2ccc(Cl)c(Cl)c2)C3)n1. The zero-order valence-corrected chi connectivity index (χ0v) is 15.6. The van der Waals surface area contributed by atoms with E-state index in [1.165, 1.54) is 0 Å². The lowest BCUT2D eigenvalue weighted by atomic mass is 9.81. The molecule has 1 aliphatic heterocycles. The number of nitrogens with zero attached hydrogens (tertiary/aromatic N) is 2. The third-order valence-corrected chi connectivity index (χ3v) is 6.58. The van der Waals surface area contributed by atoms with Crippen LogP contribution >= 0.6 is 23.2 Å². The Hall–Kier alpha value is -1.24. The maximum atomic E-state index is 13.4. The molecule has 1 N–H and O–H groups in total. The molecular formula is C18H18Cl2F3N3. The fourth-order valence-electron chi connectivity index (χ4n) is 4.54. The smallest absolute Gasteiger partial charge is 0.316 e. The van der Waals surface area contributed by atoms with Crippen LogP contribution in [0.2, 0.25) is 10.0 Å². The van der Waals surface area contributed by atoms with Crippen molar-refractivity contribution in [2.24, 2.45) is 5.41 Å². The Morgan fingerprint density at radius 2 is 2.00 bits per heavy atom. The van der Waals surface area contributed by atoms with Gasteiger partial charge >= 0.3 is 6.18 Å². The van der Waals surface area contributed by atoms with Crippen LogP contribution in [0, 0.1) is 12.3 Å². The Kier molecular flexibility index (Phi) is 4.10. The number of hydrogen-bond donors (Lipinski definition) is 1. The molecule has 3 nitrogen and oxygen atoms in total. The molecule has 140 valence electrons. The lowest BCUT2D eigenvalue weighted by molar-refractivity contribution is -0.144. The largest absolute Gasteiger partial charge is 0.433 e.